The van der Waals surface area contributed by atoms with Crippen LogP contribution in [-0.2, 0) is 0 Å². The van der Waals surface area contributed by atoms with E-state index in [0.717, 1.165) is 24.3 Å². The van der Waals surface area contributed by atoms with E-state index >= 15 is 0 Å². The lowest BCUT2D eigenvalue weighted by atomic mass is 10.2. The van der Waals surface area contributed by atoms with Crippen LogP contribution >= 0.6 is 12.2 Å². The van der Waals surface area contributed by atoms with Crippen LogP contribution in [0.3, 0.4) is 0 Å². The first kappa shape index (κ1) is 18.7. The second kappa shape index (κ2) is 10.3. The van der Waals surface area contributed by atoms with Crippen molar-refractivity contribution in [2.24, 2.45) is 10.2 Å². The van der Waals surface area contributed by atoms with E-state index in [1.54, 1.807) is 29.6 Å². The van der Waals surface area contributed by atoms with E-state index in [1.807, 2.05) is 31.2 Å². The molecule has 5 nitrogen and oxygen atoms in total. The molecule has 0 radical (unpaired) electrons. The molecule has 0 aliphatic rings. The van der Waals surface area contributed by atoms with Crippen molar-refractivity contribution in [3.05, 3.63) is 54.1 Å². The Morgan fingerprint density at radius 1 is 1.08 bits per heavy atom. The maximum absolute atomic E-state index is 12.0. The van der Waals surface area contributed by atoms with Gasteiger partial charge in [0.15, 0.2) is 0 Å². The molecule has 0 heterocycles. The number of carbonyl (C=O) groups excluding carboxylic acids is 1. The molecule has 130 valence electrons. The summed E-state index contributed by atoms with van der Waals surface area (Å²) in [6, 6.07) is 14.4. The molecular formula is C19H21N3O2S. The summed E-state index contributed by atoms with van der Waals surface area (Å²) in [6.07, 6.45) is 1.67. The molecule has 25 heavy (non-hydrogen) atoms. The summed E-state index contributed by atoms with van der Waals surface area (Å²) in [4.78, 5) is 12.0. The molecule has 2 aromatic rings. The Kier molecular flexibility index (Phi) is 7.72. The number of amides is 1. The van der Waals surface area contributed by atoms with Crippen LogP contribution in [0, 0.1) is 0 Å². The van der Waals surface area contributed by atoms with E-state index in [1.165, 1.54) is 0 Å². The van der Waals surface area contributed by atoms with Crippen molar-refractivity contribution in [1.82, 2.24) is 5.32 Å². The summed E-state index contributed by atoms with van der Waals surface area (Å²) in [5.41, 5.74) is 2.03. The topological polar surface area (TPSA) is 63.1 Å². The third-order valence-electron chi connectivity index (χ3n) is 3.34. The maximum Gasteiger partial charge on any atom is 0.251 e. The van der Waals surface area contributed by atoms with E-state index in [2.05, 4.69) is 15.5 Å². The summed E-state index contributed by atoms with van der Waals surface area (Å²) < 4.78 is 5.38. The van der Waals surface area contributed by atoms with Crippen LogP contribution in [0.1, 0.15) is 30.1 Å². The number of unbranched alkanes of at least 4 members (excludes halogenated alkanes) is 1. The summed E-state index contributed by atoms with van der Waals surface area (Å²) in [5, 5.41) is 12.9. The zero-order valence-electron chi connectivity index (χ0n) is 14.1. The monoisotopic (exact) mass is 355 g/mol. The van der Waals surface area contributed by atoms with Gasteiger partial charge in [-0.25, -0.2) is 0 Å². The third-order valence-corrected chi connectivity index (χ3v) is 3.58. The molecule has 0 unspecified atom stereocenters. The van der Waals surface area contributed by atoms with Crippen LogP contribution in [0.25, 0.3) is 0 Å². The number of ether oxygens (including phenoxy) is 1. The van der Waals surface area contributed by atoms with Gasteiger partial charge in [0.1, 0.15) is 5.75 Å². The zero-order chi connectivity index (χ0) is 17.9. The largest absolute Gasteiger partial charge is 0.494 e. The molecular weight excluding hydrogens is 334 g/mol. The van der Waals surface area contributed by atoms with Crippen molar-refractivity contribution in [2.45, 2.75) is 19.8 Å². The number of rotatable bonds is 9. The Hall–Kier alpha value is -2.60. The molecule has 0 saturated carbocycles. The number of hydrogen-bond donors (Lipinski definition) is 1. The predicted octanol–water partition coefficient (Wildman–Crippen LogP) is 5.01. The van der Waals surface area contributed by atoms with Gasteiger partial charge in [-0.05, 0) is 73.7 Å². The summed E-state index contributed by atoms with van der Waals surface area (Å²) in [5.74, 6) is 0.710. The SMILES string of the molecule is CCOc1ccc(N=Nc2ccc(C(=O)NCCCC=S)cc2)cc1. The molecule has 0 aromatic heterocycles. The average Bonchev–Trinajstić information content (AvgIpc) is 2.65. The van der Waals surface area contributed by atoms with Crippen molar-refractivity contribution in [2.75, 3.05) is 13.2 Å². The number of hydrogen-bond acceptors (Lipinski definition) is 5. The van der Waals surface area contributed by atoms with Gasteiger partial charge in [-0.15, -0.1) is 0 Å². The van der Waals surface area contributed by atoms with E-state index in [0.29, 0.717) is 24.4 Å². The first-order valence-electron chi connectivity index (χ1n) is 8.19. The Labute approximate surface area is 153 Å². The van der Waals surface area contributed by atoms with Gasteiger partial charge in [-0.3, -0.25) is 4.79 Å². The van der Waals surface area contributed by atoms with Crippen LogP contribution in [0.15, 0.2) is 58.8 Å². The molecule has 2 aromatic carbocycles. The lowest BCUT2D eigenvalue weighted by molar-refractivity contribution is 0.0953. The minimum absolute atomic E-state index is 0.0978. The van der Waals surface area contributed by atoms with E-state index in [4.69, 9.17) is 17.0 Å². The molecule has 0 saturated heterocycles. The van der Waals surface area contributed by atoms with Crippen molar-refractivity contribution < 1.29 is 9.53 Å². The normalized spacial score (nSPS) is 10.6. The standard InChI is InChI=1S/C19H21N3O2S/c1-2-24-18-11-9-17(10-12-18)22-21-16-7-5-15(6-8-16)19(23)20-13-3-4-14-25/h5-12,14H,2-4,13H2,1H3,(H,20,23). The Morgan fingerprint density at radius 3 is 2.24 bits per heavy atom. The molecule has 1 amide bonds. The van der Waals surface area contributed by atoms with Crippen LogP contribution in [0.2, 0.25) is 0 Å². The number of nitrogens with one attached hydrogen (secondary N) is 1. The molecule has 0 spiro atoms. The van der Waals surface area contributed by atoms with Gasteiger partial charge in [0.05, 0.1) is 18.0 Å². The van der Waals surface area contributed by atoms with Crippen molar-refractivity contribution >= 4 is 34.9 Å². The highest BCUT2D eigenvalue weighted by Gasteiger charge is 2.04. The third kappa shape index (κ3) is 6.43. The average molecular weight is 355 g/mol. The van der Waals surface area contributed by atoms with Gasteiger partial charge in [0.25, 0.3) is 5.91 Å². The van der Waals surface area contributed by atoms with E-state index < -0.39 is 0 Å². The van der Waals surface area contributed by atoms with Gasteiger partial charge in [0, 0.05) is 12.1 Å². The maximum atomic E-state index is 12.0. The number of nitrogens with zero attached hydrogens (tertiary/aromatic N) is 2. The minimum atomic E-state index is -0.0978. The van der Waals surface area contributed by atoms with E-state index in [9.17, 15) is 4.79 Å². The predicted molar refractivity (Wildman–Crippen MR) is 103 cm³/mol. The first-order valence-corrected chi connectivity index (χ1v) is 8.66. The minimum Gasteiger partial charge on any atom is -0.494 e. The highest BCUT2D eigenvalue weighted by Crippen LogP contribution is 2.21. The summed E-state index contributed by atoms with van der Waals surface area (Å²) >= 11 is 4.75. The fraction of sp³-hybridized carbons (Fsp3) is 0.263. The molecule has 0 fully saturated rings. The summed E-state index contributed by atoms with van der Waals surface area (Å²) in [7, 11) is 0. The smallest absolute Gasteiger partial charge is 0.251 e. The quantitative estimate of drug-likeness (QED) is 0.391. The zero-order valence-corrected chi connectivity index (χ0v) is 15.0. The fourth-order valence-corrected chi connectivity index (χ4v) is 2.23. The van der Waals surface area contributed by atoms with Crippen molar-refractivity contribution in [3.8, 4) is 5.75 Å². The molecule has 2 rings (SSSR count). The fourth-order valence-electron chi connectivity index (χ4n) is 2.06. The van der Waals surface area contributed by atoms with Crippen LogP contribution < -0.4 is 10.1 Å². The van der Waals surface area contributed by atoms with Gasteiger partial charge < -0.3 is 10.1 Å². The van der Waals surface area contributed by atoms with Crippen molar-refractivity contribution in [1.29, 1.82) is 0 Å². The number of benzene rings is 2. The molecule has 0 aliphatic carbocycles. The molecule has 6 heteroatoms. The molecule has 1 N–H and O–H groups in total. The molecule has 0 atom stereocenters. The van der Waals surface area contributed by atoms with Crippen molar-refractivity contribution in [3.63, 3.8) is 0 Å². The number of thiocarbonyl (C=S) groups is 1. The highest BCUT2D eigenvalue weighted by atomic mass is 32.1. The molecule has 0 bridgehead atoms. The second-order valence-corrected chi connectivity index (χ2v) is 5.57. The van der Waals surface area contributed by atoms with Crippen LogP contribution in [-0.4, -0.2) is 24.4 Å². The second-order valence-electron chi connectivity index (χ2n) is 5.24. The molecule has 0 aliphatic heterocycles. The Balaban J connectivity index is 1.90. The van der Waals surface area contributed by atoms with Gasteiger partial charge >= 0.3 is 0 Å². The highest BCUT2D eigenvalue weighted by molar-refractivity contribution is 7.78. The number of carbonyl (C=O) groups is 1. The lowest BCUT2D eigenvalue weighted by Crippen LogP contribution is -2.24. The van der Waals surface area contributed by atoms with Gasteiger partial charge in [0.2, 0.25) is 0 Å². The van der Waals surface area contributed by atoms with Crippen LogP contribution in [0.4, 0.5) is 11.4 Å². The Bertz CT molecular complexity index is 712. The first-order chi connectivity index (χ1) is 12.2. The number of azo groups is 1. The van der Waals surface area contributed by atoms with Gasteiger partial charge in [-0.2, -0.15) is 10.2 Å². The summed E-state index contributed by atoms with van der Waals surface area (Å²) in [6.45, 7) is 3.19. The van der Waals surface area contributed by atoms with E-state index in [-0.39, 0.29) is 5.91 Å². The Morgan fingerprint density at radius 2 is 1.68 bits per heavy atom. The van der Waals surface area contributed by atoms with Crippen LogP contribution in [0.5, 0.6) is 5.75 Å². The lowest BCUT2D eigenvalue weighted by Gasteiger charge is -2.04. The van der Waals surface area contributed by atoms with Gasteiger partial charge in [-0.1, -0.05) is 12.2 Å².